The molecule has 0 bridgehead atoms. The van der Waals surface area contributed by atoms with Crippen LogP contribution in [-0.2, 0) is 27.9 Å². The van der Waals surface area contributed by atoms with Gasteiger partial charge in [-0.25, -0.2) is 8.42 Å². The molecule has 1 aromatic heterocycles. The molecular formula is C23H34N4O3S. The fourth-order valence-electron chi connectivity index (χ4n) is 4.21. The van der Waals surface area contributed by atoms with E-state index in [1.54, 1.807) is 16.4 Å². The van der Waals surface area contributed by atoms with Crippen molar-refractivity contribution in [1.29, 1.82) is 0 Å². The maximum Gasteiger partial charge on any atom is 0.243 e. The van der Waals surface area contributed by atoms with Crippen molar-refractivity contribution >= 4 is 15.9 Å². The molecule has 1 aromatic carbocycles. The number of amides is 1. The van der Waals surface area contributed by atoms with Crippen LogP contribution >= 0.6 is 0 Å². The maximum atomic E-state index is 13.1. The van der Waals surface area contributed by atoms with Gasteiger partial charge >= 0.3 is 0 Å². The minimum absolute atomic E-state index is 0.116. The lowest BCUT2D eigenvalue weighted by atomic mass is 9.94. The summed E-state index contributed by atoms with van der Waals surface area (Å²) in [5.74, 6) is 0.323. The zero-order valence-electron chi connectivity index (χ0n) is 18.8. The van der Waals surface area contributed by atoms with Gasteiger partial charge in [0.2, 0.25) is 15.9 Å². The van der Waals surface area contributed by atoms with Crippen molar-refractivity contribution in [3.05, 3.63) is 47.8 Å². The Morgan fingerprint density at radius 2 is 2.03 bits per heavy atom. The molecular weight excluding hydrogens is 412 g/mol. The van der Waals surface area contributed by atoms with Crippen LogP contribution < -0.4 is 0 Å². The molecule has 31 heavy (non-hydrogen) atoms. The first-order valence-corrected chi connectivity index (χ1v) is 12.6. The van der Waals surface area contributed by atoms with Crippen LogP contribution in [0.5, 0.6) is 0 Å². The first-order chi connectivity index (χ1) is 14.8. The van der Waals surface area contributed by atoms with Crippen LogP contribution in [0.3, 0.4) is 0 Å². The third-order valence-electron chi connectivity index (χ3n) is 6.08. The van der Waals surface area contributed by atoms with Crippen LogP contribution in [0.15, 0.2) is 41.6 Å². The number of nitrogens with zero attached hydrogens (tertiary/aromatic N) is 4. The molecule has 1 unspecified atom stereocenters. The standard InChI is InChI=1S/C23H34N4O3S/c1-4-25(16-21-15-24-26(5-2)17-21)23(28)13-12-20-10-8-14-27(18-20)31(29,30)22-11-7-6-9-19(22)3/h6-7,9,11,15,17,20H,4-5,8,10,12-14,16,18H2,1-3H3. The SMILES string of the molecule is CCN(Cc1cnn(CC)c1)C(=O)CCC1CCCN(S(=O)(=O)c2ccccc2C)C1. The Labute approximate surface area is 186 Å². The predicted octanol–water partition coefficient (Wildman–Crippen LogP) is 3.44. The minimum Gasteiger partial charge on any atom is -0.339 e. The van der Waals surface area contributed by atoms with E-state index in [0.29, 0.717) is 43.9 Å². The maximum absolute atomic E-state index is 13.1. The molecule has 0 N–H and O–H groups in total. The van der Waals surface area contributed by atoms with Gasteiger partial charge in [-0.2, -0.15) is 9.40 Å². The first kappa shape index (κ1) is 23.5. The quantitative estimate of drug-likeness (QED) is 0.591. The summed E-state index contributed by atoms with van der Waals surface area (Å²) < 4.78 is 29.7. The van der Waals surface area contributed by atoms with Crippen molar-refractivity contribution in [3.8, 4) is 0 Å². The smallest absolute Gasteiger partial charge is 0.243 e. The highest BCUT2D eigenvalue weighted by atomic mass is 32.2. The van der Waals surface area contributed by atoms with Crippen molar-refractivity contribution in [2.75, 3.05) is 19.6 Å². The third-order valence-corrected chi connectivity index (χ3v) is 8.10. The molecule has 2 heterocycles. The van der Waals surface area contributed by atoms with Crippen molar-refractivity contribution < 1.29 is 13.2 Å². The molecule has 1 amide bonds. The molecule has 1 fully saturated rings. The zero-order valence-corrected chi connectivity index (χ0v) is 19.6. The summed E-state index contributed by atoms with van der Waals surface area (Å²) >= 11 is 0. The second kappa shape index (κ2) is 10.4. The molecule has 8 heteroatoms. The summed E-state index contributed by atoms with van der Waals surface area (Å²) in [6, 6.07) is 7.13. The number of piperidine rings is 1. The predicted molar refractivity (Wildman–Crippen MR) is 121 cm³/mol. The lowest BCUT2D eigenvalue weighted by molar-refractivity contribution is -0.132. The van der Waals surface area contributed by atoms with E-state index in [1.807, 2.05) is 54.9 Å². The molecule has 2 aromatic rings. The van der Waals surface area contributed by atoms with Crippen LogP contribution in [0, 0.1) is 12.8 Å². The molecule has 3 rings (SSSR count). The van der Waals surface area contributed by atoms with Crippen LogP contribution in [0.1, 0.15) is 50.7 Å². The summed E-state index contributed by atoms with van der Waals surface area (Å²) in [5, 5.41) is 4.28. The molecule has 0 saturated carbocycles. The van der Waals surface area contributed by atoms with Crippen molar-refractivity contribution in [2.45, 2.75) is 64.4 Å². The van der Waals surface area contributed by atoms with E-state index in [1.165, 1.54) is 0 Å². The van der Waals surface area contributed by atoms with Crippen molar-refractivity contribution in [1.82, 2.24) is 19.0 Å². The Morgan fingerprint density at radius 3 is 2.71 bits per heavy atom. The highest BCUT2D eigenvalue weighted by Gasteiger charge is 2.31. The fourth-order valence-corrected chi connectivity index (χ4v) is 5.99. The van der Waals surface area contributed by atoms with Gasteiger partial charge < -0.3 is 4.90 Å². The van der Waals surface area contributed by atoms with E-state index < -0.39 is 10.0 Å². The topological polar surface area (TPSA) is 75.5 Å². The molecule has 1 aliphatic heterocycles. The summed E-state index contributed by atoms with van der Waals surface area (Å²) in [7, 11) is -3.50. The number of aryl methyl sites for hydroxylation is 2. The van der Waals surface area contributed by atoms with E-state index in [4.69, 9.17) is 0 Å². The average molecular weight is 447 g/mol. The van der Waals surface area contributed by atoms with Crippen LogP contribution in [0.4, 0.5) is 0 Å². The van der Waals surface area contributed by atoms with E-state index in [9.17, 15) is 13.2 Å². The van der Waals surface area contributed by atoms with E-state index in [0.717, 1.165) is 30.5 Å². The van der Waals surface area contributed by atoms with Crippen LogP contribution in [0.2, 0.25) is 0 Å². The average Bonchev–Trinajstić information content (AvgIpc) is 3.24. The summed E-state index contributed by atoms with van der Waals surface area (Å²) in [4.78, 5) is 15.0. The van der Waals surface area contributed by atoms with Gasteiger partial charge in [0.05, 0.1) is 11.1 Å². The van der Waals surface area contributed by atoms with Gasteiger partial charge in [-0.1, -0.05) is 18.2 Å². The van der Waals surface area contributed by atoms with Crippen LogP contribution in [-0.4, -0.2) is 52.9 Å². The summed E-state index contributed by atoms with van der Waals surface area (Å²) in [5.41, 5.74) is 1.80. The number of carbonyl (C=O) groups excluding carboxylic acids is 1. The third kappa shape index (κ3) is 5.74. The Morgan fingerprint density at radius 1 is 1.26 bits per heavy atom. The van der Waals surface area contributed by atoms with Crippen molar-refractivity contribution in [3.63, 3.8) is 0 Å². The molecule has 1 saturated heterocycles. The van der Waals surface area contributed by atoms with Crippen molar-refractivity contribution in [2.24, 2.45) is 5.92 Å². The number of carbonyl (C=O) groups is 1. The largest absolute Gasteiger partial charge is 0.339 e. The number of hydrogen-bond donors (Lipinski definition) is 0. The second-order valence-corrected chi connectivity index (χ2v) is 10.2. The van der Waals surface area contributed by atoms with Gasteiger partial charge in [0.25, 0.3) is 0 Å². The number of benzene rings is 1. The Bertz CT molecular complexity index is 986. The fraction of sp³-hybridized carbons (Fsp3) is 0.565. The Balaban J connectivity index is 1.57. The molecule has 1 aliphatic rings. The van der Waals surface area contributed by atoms with E-state index in [2.05, 4.69) is 5.10 Å². The van der Waals surface area contributed by atoms with Gasteiger partial charge in [0.15, 0.2) is 0 Å². The Kier molecular flexibility index (Phi) is 7.89. The molecule has 170 valence electrons. The molecule has 1 atom stereocenters. The minimum atomic E-state index is -3.50. The number of sulfonamides is 1. The molecule has 7 nitrogen and oxygen atoms in total. The molecule has 0 spiro atoms. The summed E-state index contributed by atoms with van der Waals surface area (Å²) in [6.07, 6.45) is 6.74. The second-order valence-electron chi connectivity index (χ2n) is 8.29. The highest BCUT2D eigenvalue weighted by Crippen LogP contribution is 2.27. The van der Waals surface area contributed by atoms with E-state index >= 15 is 0 Å². The van der Waals surface area contributed by atoms with Gasteiger partial charge in [0, 0.05) is 50.9 Å². The lowest BCUT2D eigenvalue weighted by Gasteiger charge is -2.32. The van der Waals surface area contributed by atoms with E-state index in [-0.39, 0.29) is 11.8 Å². The first-order valence-electron chi connectivity index (χ1n) is 11.2. The number of rotatable bonds is 9. The highest BCUT2D eigenvalue weighted by molar-refractivity contribution is 7.89. The van der Waals surface area contributed by atoms with Gasteiger partial charge in [-0.3, -0.25) is 9.48 Å². The van der Waals surface area contributed by atoms with Gasteiger partial charge in [-0.15, -0.1) is 0 Å². The van der Waals surface area contributed by atoms with Gasteiger partial charge in [0.1, 0.15) is 0 Å². The van der Waals surface area contributed by atoms with Gasteiger partial charge in [-0.05, 0) is 57.6 Å². The Hall–Kier alpha value is -2.19. The number of hydrogen-bond acceptors (Lipinski definition) is 4. The normalized spacial score (nSPS) is 17.6. The summed E-state index contributed by atoms with van der Waals surface area (Å²) in [6.45, 7) is 8.90. The molecule has 0 aliphatic carbocycles. The zero-order chi connectivity index (χ0) is 22.4. The van der Waals surface area contributed by atoms with Crippen LogP contribution in [0.25, 0.3) is 0 Å². The monoisotopic (exact) mass is 446 g/mol. The molecule has 0 radical (unpaired) electrons. The lowest BCUT2D eigenvalue weighted by Crippen LogP contribution is -2.40. The number of aromatic nitrogens is 2.